The molecule has 0 aliphatic heterocycles. The third kappa shape index (κ3) is 2.42. The van der Waals surface area contributed by atoms with E-state index in [0.717, 1.165) is 0 Å². The summed E-state index contributed by atoms with van der Waals surface area (Å²) in [6.45, 7) is 1.29. The Kier molecular flexibility index (Phi) is 3.96. The van der Waals surface area contributed by atoms with Crippen molar-refractivity contribution in [3.05, 3.63) is 0 Å². The molecule has 0 aromatic rings. The molecule has 1 saturated carbocycles. The van der Waals surface area contributed by atoms with Gasteiger partial charge in [-0.1, -0.05) is 6.92 Å². The van der Waals surface area contributed by atoms with E-state index in [9.17, 15) is 19.8 Å². The lowest BCUT2D eigenvalue weighted by molar-refractivity contribution is -0.150. The molecule has 5 heteroatoms. The number of aliphatic hydroxyl groups excluding tert-OH is 3. The van der Waals surface area contributed by atoms with E-state index in [2.05, 4.69) is 0 Å². The van der Waals surface area contributed by atoms with Gasteiger partial charge in [0.25, 0.3) is 0 Å². The summed E-state index contributed by atoms with van der Waals surface area (Å²) in [4.78, 5) is 22.9. The normalized spacial score (nSPS) is 34.3. The van der Waals surface area contributed by atoms with Gasteiger partial charge in [-0.25, -0.2) is 0 Å². The maximum Gasteiger partial charge on any atom is 0.165 e. The maximum absolute atomic E-state index is 11.5. The highest BCUT2D eigenvalue weighted by Gasteiger charge is 2.43. The number of ketones is 2. The van der Waals surface area contributed by atoms with Crippen LogP contribution in [0.5, 0.6) is 0 Å². The predicted molar refractivity (Wildman–Crippen MR) is 51.0 cm³/mol. The molecule has 1 aliphatic carbocycles. The van der Waals surface area contributed by atoms with Gasteiger partial charge in [0.2, 0.25) is 0 Å². The van der Waals surface area contributed by atoms with E-state index in [0.29, 0.717) is 0 Å². The largest absolute Gasteiger partial charge is 0.396 e. The molecule has 4 unspecified atom stereocenters. The highest BCUT2D eigenvalue weighted by atomic mass is 16.3. The van der Waals surface area contributed by atoms with Crippen molar-refractivity contribution in [1.29, 1.82) is 0 Å². The summed E-state index contributed by atoms with van der Waals surface area (Å²) in [6, 6.07) is 0. The summed E-state index contributed by atoms with van der Waals surface area (Å²) in [5.41, 5.74) is 0. The van der Waals surface area contributed by atoms with Gasteiger partial charge in [-0.2, -0.15) is 0 Å². The van der Waals surface area contributed by atoms with Crippen LogP contribution < -0.4 is 0 Å². The number of Topliss-reactive ketones (excluding diaryl/α,β-unsaturated/α-hetero) is 2. The zero-order chi connectivity index (χ0) is 11.6. The zero-order valence-corrected chi connectivity index (χ0v) is 8.59. The Morgan fingerprint density at radius 3 is 2.60 bits per heavy atom. The molecule has 86 valence electrons. The highest BCUT2D eigenvalue weighted by molar-refractivity contribution is 5.99. The molecular weight excluding hydrogens is 200 g/mol. The number of hydrogen-bond donors (Lipinski definition) is 3. The summed E-state index contributed by atoms with van der Waals surface area (Å²) in [7, 11) is 0. The fraction of sp³-hybridized carbons (Fsp3) is 0.800. The second kappa shape index (κ2) is 4.83. The second-order valence-corrected chi connectivity index (χ2v) is 3.98. The van der Waals surface area contributed by atoms with Crippen LogP contribution in [0.25, 0.3) is 0 Å². The summed E-state index contributed by atoms with van der Waals surface area (Å²) in [6.07, 6.45) is -2.39. The molecule has 0 aromatic heterocycles. The van der Waals surface area contributed by atoms with Gasteiger partial charge in [-0.3, -0.25) is 9.59 Å². The van der Waals surface area contributed by atoms with Crippen molar-refractivity contribution >= 4 is 11.6 Å². The van der Waals surface area contributed by atoms with Crippen LogP contribution in [0, 0.1) is 11.8 Å². The topological polar surface area (TPSA) is 94.8 Å². The van der Waals surface area contributed by atoms with Crippen LogP contribution in [0.15, 0.2) is 0 Å². The van der Waals surface area contributed by atoms with Crippen LogP contribution >= 0.6 is 0 Å². The van der Waals surface area contributed by atoms with Gasteiger partial charge in [0.15, 0.2) is 5.78 Å². The molecule has 0 radical (unpaired) electrons. The van der Waals surface area contributed by atoms with Gasteiger partial charge in [0.1, 0.15) is 11.9 Å². The Bertz CT molecular complexity index is 263. The quantitative estimate of drug-likeness (QED) is 0.555. The van der Waals surface area contributed by atoms with Gasteiger partial charge in [0.05, 0.1) is 12.0 Å². The molecule has 0 spiro atoms. The van der Waals surface area contributed by atoms with Crippen molar-refractivity contribution in [2.75, 3.05) is 6.61 Å². The van der Waals surface area contributed by atoms with Crippen molar-refractivity contribution in [2.45, 2.75) is 32.0 Å². The minimum Gasteiger partial charge on any atom is -0.396 e. The monoisotopic (exact) mass is 216 g/mol. The van der Waals surface area contributed by atoms with E-state index in [1.54, 1.807) is 0 Å². The Morgan fingerprint density at radius 1 is 1.47 bits per heavy atom. The lowest BCUT2D eigenvalue weighted by atomic mass is 9.73. The number of aliphatic hydroxyl groups is 3. The molecule has 15 heavy (non-hydrogen) atoms. The second-order valence-electron chi connectivity index (χ2n) is 3.98. The number of carbonyl (C=O) groups is 2. The standard InChI is InChI=1S/C10H16O5/c1-5-9(6(12)2-3-11)7(13)4-8(14)10(5)15/h5-6,8-9,11-12,14H,2-4H2,1H3. The summed E-state index contributed by atoms with van der Waals surface area (Å²) >= 11 is 0. The number of hydrogen-bond acceptors (Lipinski definition) is 5. The van der Waals surface area contributed by atoms with Crippen LogP contribution in [0.4, 0.5) is 0 Å². The Hall–Kier alpha value is -0.780. The average molecular weight is 216 g/mol. The first kappa shape index (κ1) is 12.3. The molecule has 0 aromatic carbocycles. The molecule has 1 aliphatic rings. The minimum atomic E-state index is -1.23. The fourth-order valence-electron chi connectivity index (χ4n) is 2.05. The molecule has 0 saturated heterocycles. The molecule has 5 nitrogen and oxygen atoms in total. The lowest BCUT2D eigenvalue weighted by Gasteiger charge is -2.32. The van der Waals surface area contributed by atoms with Crippen LogP contribution in [0.2, 0.25) is 0 Å². The third-order valence-corrected chi connectivity index (χ3v) is 2.92. The first-order chi connectivity index (χ1) is 6.99. The minimum absolute atomic E-state index is 0.0735. The molecule has 4 atom stereocenters. The fourth-order valence-corrected chi connectivity index (χ4v) is 2.05. The molecule has 0 bridgehead atoms. The van der Waals surface area contributed by atoms with Crippen molar-refractivity contribution in [3.63, 3.8) is 0 Å². The first-order valence-electron chi connectivity index (χ1n) is 5.02. The first-order valence-corrected chi connectivity index (χ1v) is 5.02. The summed E-state index contributed by atoms with van der Waals surface area (Å²) in [5.74, 6) is -2.18. The average Bonchev–Trinajstić information content (AvgIpc) is 2.15. The number of rotatable bonds is 3. The van der Waals surface area contributed by atoms with Crippen LogP contribution in [-0.2, 0) is 9.59 Å². The summed E-state index contributed by atoms with van der Waals surface area (Å²) in [5, 5.41) is 27.5. The maximum atomic E-state index is 11.5. The van der Waals surface area contributed by atoms with Crippen molar-refractivity contribution in [1.82, 2.24) is 0 Å². The van der Waals surface area contributed by atoms with Crippen molar-refractivity contribution < 1.29 is 24.9 Å². The smallest absolute Gasteiger partial charge is 0.165 e. The van der Waals surface area contributed by atoms with E-state index in [1.807, 2.05) is 0 Å². The van der Waals surface area contributed by atoms with Gasteiger partial charge >= 0.3 is 0 Å². The van der Waals surface area contributed by atoms with Crippen LogP contribution in [0.1, 0.15) is 19.8 Å². The van der Waals surface area contributed by atoms with E-state index >= 15 is 0 Å². The zero-order valence-electron chi connectivity index (χ0n) is 8.59. The van der Waals surface area contributed by atoms with E-state index in [-0.39, 0.29) is 25.2 Å². The van der Waals surface area contributed by atoms with E-state index < -0.39 is 29.8 Å². The molecule has 1 fully saturated rings. The van der Waals surface area contributed by atoms with Crippen molar-refractivity contribution in [2.24, 2.45) is 11.8 Å². The van der Waals surface area contributed by atoms with E-state index in [1.165, 1.54) is 6.92 Å². The van der Waals surface area contributed by atoms with Crippen molar-refractivity contribution in [3.8, 4) is 0 Å². The van der Waals surface area contributed by atoms with E-state index in [4.69, 9.17) is 5.11 Å². The Morgan fingerprint density at radius 2 is 2.07 bits per heavy atom. The lowest BCUT2D eigenvalue weighted by Crippen LogP contribution is -2.47. The Labute approximate surface area is 87.7 Å². The SMILES string of the molecule is CC1C(=O)C(O)CC(=O)C1C(O)CCO. The number of carbonyl (C=O) groups excluding carboxylic acids is 2. The molecule has 0 amide bonds. The molecule has 0 heterocycles. The molecular formula is C10H16O5. The van der Waals surface area contributed by atoms with Crippen LogP contribution in [-0.4, -0.2) is 45.7 Å². The highest BCUT2D eigenvalue weighted by Crippen LogP contribution is 2.28. The van der Waals surface area contributed by atoms with Gasteiger partial charge in [-0.05, 0) is 6.42 Å². The summed E-state index contributed by atoms with van der Waals surface area (Å²) < 4.78 is 0. The molecule has 1 rings (SSSR count). The van der Waals surface area contributed by atoms with Gasteiger partial charge < -0.3 is 15.3 Å². The Balaban J connectivity index is 2.78. The molecule has 3 N–H and O–H groups in total. The predicted octanol–water partition coefficient (Wildman–Crippen LogP) is -1.12. The van der Waals surface area contributed by atoms with Gasteiger partial charge in [-0.15, -0.1) is 0 Å². The van der Waals surface area contributed by atoms with Gasteiger partial charge in [0, 0.05) is 18.9 Å². The third-order valence-electron chi connectivity index (χ3n) is 2.92. The van der Waals surface area contributed by atoms with Crippen LogP contribution in [0.3, 0.4) is 0 Å².